The summed E-state index contributed by atoms with van der Waals surface area (Å²) in [5.74, 6) is -5.00. The van der Waals surface area contributed by atoms with E-state index in [1.54, 1.807) is 32.1 Å². The monoisotopic (exact) mass is 768 g/mol. The van der Waals surface area contributed by atoms with Crippen LogP contribution in [-0.4, -0.2) is 145 Å². The molecule has 17 nitrogen and oxygen atoms in total. The molecule has 12 atom stereocenters. The number of likely N-dealkylation sites (tertiary alicyclic amines) is 1. The van der Waals surface area contributed by atoms with Crippen LogP contribution in [0.15, 0.2) is 41.6 Å². The Morgan fingerprint density at radius 1 is 1.11 bits per heavy atom. The van der Waals surface area contributed by atoms with Crippen LogP contribution in [0.3, 0.4) is 0 Å². The molecular weight excluding hydrogens is 708 g/mol. The fraction of sp³-hybridized carbons (Fsp3) is 0.757. The summed E-state index contributed by atoms with van der Waals surface area (Å²) in [4.78, 5) is 31.4. The van der Waals surface area contributed by atoms with E-state index in [4.69, 9.17) is 29.4 Å². The Labute approximate surface area is 316 Å². The number of aliphatic imine (C=N–C) groups is 1. The molecule has 0 aromatic rings. The minimum Gasteiger partial charge on any atom is -0.550 e. The normalized spacial score (nSPS) is 35.3. The maximum Gasteiger partial charge on any atom is 0.338 e. The van der Waals surface area contributed by atoms with E-state index < -0.39 is 91.4 Å². The average Bonchev–Trinajstić information content (AvgIpc) is 3.14. The number of esters is 1. The average molecular weight is 769 g/mol. The van der Waals surface area contributed by atoms with E-state index in [1.807, 2.05) is 0 Å². The highest BCUT2D eigenvalue weighted by atomic mass is 16.8. The summed E-state index contributed by atoms with van der Waals surface area (Å²) in [6, 6.07) is -0.782. The second-order valence-electron chi connectivity index (χ2n) is 14.7. The van der Waals surface area contributed by atoms with Crippen molar-refractivity contribution in [1.82, 2.24) is 5.32 Å². The highest BCUT2D eigenvalue weighted by Crippen LogP contribution is 2.38. The summed E-state index contributed by atoms with van der Waals surface area (Å²) in [6.07, 6.45) is 2.68. The number of carbonyl (C=O) groups is 2. The molecule has 2 saturated heterocycles. The van der Waals surface area contributed by atoms with Gasteiger partial charge >= 0.3 is 5.97 Å². The van der Waals surface area contributed by atoms with Crippen molar-refractivity contribution in [3.63, 3.8) is 0 Å². The van der Waals surface area contributed by atoms with Gasteiger partial charge < -0.3 is 75.1 Å². The topological polar surface area (TPSA) is 259 Å². The van der Waals surface area contributed by atoms with E-state index in [2.05, 4.69) is 16.9 Å². The summed E-state index contributed by atoms with van der Waals surface area (Å²) in [6.45, 7) is 7.69. The van der Waals surface area contributed by atoms with Gasteiger partial charge in [0.25, 0.3) is 0 Å². The number of nitrogens with one attached hydrogen (secondary N) is 2. The number of quaternary nitrogens is 1. The summed E-state index contributed by atoms with van der Waals surface area (Å²) < 4.78 is 30.0. The quantitative estimate of drug-likeness (QED) is 0.0239. The Balaban J connectivity index is 1.70. The Morgan fingerprint density at radius 3 is 2.48 bits per heavy atom. The van der Waals surface area contributed by atoms with E-state index >= 15 is 0 Å². The summed E-state index contributed by atoms with van der Waals surface area (Å²) in [5, 5.41) is 65.9. The molecule has 0 aromatic carbocycles. The predicted octanol–water partition coefficient (Wildman–Crippen LogP) is -3.15. The molecule has 3 fully saturated rings. The highest BCUT2D eigenvalue weighted by Gasteiger charge is 2.49. The van der Waals surface area contributed by atoms with Crippen LogP contribution < -0.4 is 21.1 Å². The second-order valence-corrected chi connectivity index (χ2v) is 14.7. The number of allylic oxidation sites excluding steroid dienone is 1. The van der Waals surface area contributed by atoms with Gasteiger partial charge in [0.05, 0.1) is 68.1 Å². The first-order chi connectivity index (χ1) is 25.9. The number of rotatable bonds is 17. The SMILES string of the molecule is C=C[C@H]1[C@@H](O[C@@H]2O[C@H](CO)[C@@H](O)[C@H](O)[C@@H]2OC(C)C)OC=C(C(=O)OC2CCCCC2)[C@H]1C=CC1C[NH+](CCO)CC(C(=O)[O-])C1NC(N)=NCCCO. The van der Waals surface area contributed by atoms with Crippen molar-refractivity contribution in [2.75, 3.05) is 46.0 Å². The lowest BCUT2D eigenvalue weighted by Crippen LogP contribution is -3.16. The molecule has 17 heteroatoms. The van der Waals surface area contributed by atoms with E-state index in [9.17, 15) is 40.2 Å². The number of guanidine groups is 1. The first kappa shape index (κ1) is 43.6. The number of piperidine rings is 1. The van der Waals surface area contributed by atoms with E-state index in [-0.39, 0.29) is 43.9 Å². The van der Waals surface area contributed by atoms with Crippen LogP contribution >= 0.6 is 0 Å². The van der Waals surface area contributed by atoms with Crippen molar-refractivity contribution >= 4 is 17.9 Å². The van der Waals surface area contributed by atoms with Crippen molar-refractivity contribution in [3.05, 3.63) is 36.6 Å². The molecule has 4 unspecified atom stereocenters. The molecule has 0 spiro atoms. The molecule has 54 heavy (non-hydrogen) atoms. The number of nitrogens with zero attached hydrogens (tertiary/aromatic N) is 1. The second kappa shape index (κ2) is 21.2. The zero-order valence-corrected chi connectivity index (χ0v) is 31.2. The Hall–Kier alpha value is -3.13. The maximum absolute atomic E-state index is 13.8. The van der Waals surface area contributed by atoms with E-state index in [0.29, 0.717) is 19.5 Å². The van der Waals surface area contributed by atoms with Crippen molar-refractivity contribution in [2.24, 2.45) is 34.4 Å². The molecule has 1 saturated carbocycles. The number of carbonyl (C=O) groups excluding carboxylic acids is 2. The highest BCUT2D eigenvalue weighted by molar-refractivity contribution is 5.89. The molecule has 0 bridgehead atoms. The lowest BCUT2D eigenvalue weighted by atomic mass is 9.79. The molecule has 306 valence electrons. The van der Waals surface area contributed by atoms with Gasteiger partial charge in [0.1, 0.15) is 37.1 Å². The molecule has 3 heterocycles. The molecule has 4 rings (SSSR count). The van der Waals surface area contributed by atoms with Crippen LogP contribution in [0.2, 0.25) is 0 Å². The van der Waals surface area contributed by atoms with E-state index in [1.165, 1.54) is 6.26 Å². The van der Waals surface area contributed by atoms with Gasteiger partial charge in [-0.25, -0.2) is 4.79 Å². The van der Waals surface area contributed by atoms with Crippen LogP contribution in [0.5, 0.6) is 0 Å². The minimum atomic E-state index is -1.47. The van der Waals surface area contributed by atoms with Gasteiger partial charge in [0, 0.05) is 25.0 Å². The molecule has 0 radical (unpaired) electrons. The Morgan fingerprint density at radius 2 is 1.85 bits per heavy atom. The molecule has 0 aromatic heterocycles. The van der Waals surface area contributed by atoms with Crippen molar-refractivity contribution < 1.29 is 68.8 Å². The number of aliphatic hydroxyl groups is 5. The molecule has 3 aliphatic heterocycles. The maximum atomic E-state index is 13.8. The van der Waals surface area contributed by atoms with Gasteiger partial charge in [0.2, 0.25) is 6.29 Å². The third-order valence-electron chi connectivity index (χ3n) is 10.4. The smallest absolute Gasteiger partial charge is 0.338 e. The first-order valence-electron chi connectivity index (χ1n) is 19.1. The largest absolute Gasteiger partial charge is 0.550 e. The summed E-state index contributed by atoms with van der Waals surface area (Å²) in [5.41, 5.74) is 6.34. The number of aliphatic carboxylic acids is 1. The number of hydrogen-bond acceptors (Lipinski definition) is 14. The van der Waals surface area contributed by atoms with Gasteiger partial charge in [-0.3, -0.25) is 4.99 Å². The van der Waals surface area contributed by atoms with Crippen LogP contribution in [0, 0.1) is 23.7 Å². The predicted molar refractivity (Wildman–Crippen MR) is 191 cm³/mol. The van der Waals surface area contributed by atoms with Crippen molar-refractivity contribution in [1.29, 1.82) is 0 Å². The van der Waals surface area contributed by atoms with Gasteiger partial charge in [-0.05, 0) is 46.0 Å². The third-order valence-corrected chi connectivity index (χ3v) is 10.4. The minimum absolute atomic E-state index is 0.00277. The van der Waals surface area contributed by atoms with Gasteiger partial charge in [0.15, 0.2) is 12.2 Å². The van der Waals surface area contributed by atoms with Crippen molar-refractivity contribution in [3.8, 4) is 0 Å². The van der Waals surface area contributed by atoms with Crippen LogP contribution in [-0.2, 0) is 33.3 Å². The zero-order chi connectivity index (χ0) is 39.4. The van der Waals surface area contributed by atoms with Gasteiger partial charge in [-0.2, -0.15) is 0 Å². The molecule has 1 aliphatic carbocycles. The van der Waals surface area contributed by atoms with Gasteiger partial charge in [-0.1, -0.05) is 24.6 Å². The summed E-state index contributed by atoms with van der Waals surface area (Å²) in [7, 11) is 0. The van der Waals surface area contributed by atoms with Crippen LogP contribution in [0.4, 0.5) is 0 Å². The van der Waals surface area contributed by atoms with Crippen molar-refractivity contribution in [2.45, 2.75) is 108 Å². The Bertz CT molecular complexity index is 1310. The third kappa shape index (κ3) is 11.5. The van der Waals surface area contributed by atoms with Gasteiger partial charge in [-0.15, -0.1) is 6.58 Å². The van der Waals surface area contributed by atoms with E-state index in [0.717, 1.165) is 37.0 Å². The number of hydrogen-bond donors (Lipinski definition) is 8. The number of nitrogens with two attached hydrogens (primary N) is 1. The fourth-order valence-corrected chi connectivity index (χ4v) is 7.66. The number of aliphatic hydroxyl groups excluding tert-OH is 5. The standard InChI is InChI=1S/C37H60N4O13/c1-4-24-25(12-11-22-17-41(14-16-43)18-26(33(47)48)29(22)40-37(38)39-13-8-15-42)27(34(49)52-23-9-6-5-7-10-23)20-50-35(24)54-36-32(51-21(2)3)31(46)30(45)28(19-44)53-36/h4,11-12,20-26,28-32,35-36,42-46H,1,5-10,13-19H2,2-3H3,(H,47,48)(H3,38,39,40)/t22?,24-,25+,26?,28-,29?,30-,31+,32+,35-,36+/m1/s1. The Kier molecular flexibility index (Phi) is 17.2. The molecule has 4 aliphatic rings. The molecular formula is C37H60N4O13. The lowest BCUT2D eigenvalue weighted by molar-refractivity contribution is -0.911. The molecule has 0 amide bonds. The van der Waals surface area contributed by atoms with Crippen LogP contribution in [0.25, 0.3) is 0 Å². The number of carboxylic acids is 1. The summed E-state index contributed by atoms with van der Waals surface area (Å²) >= 11 is 0. The fourth-order valence-electron chi connectivity index (χ4n) is 7.66. The zero-order valence-electron chi connectivity index (χ0n) is 31.2. The number of ether oxygens (including phenoxy) is 5. The number of carboxylic acid groups (broad SMARTS) is 1. The molecule has 9 N–H and O–H groups in total. The first-order valence-corrected chi connectivity index (χ1v) is 19.1. The lowest BCUT2D eigenvalue weighted by Gasteiger charge is -2.45. The van der Waals surface area contributed by atoms with Crippen LogP contribution in [0.1, 0.15) is 52.4 Å².